The van der Waals surface area contributed by atoms with Crippen LogP contribution in [0.5, 0.6) is 0 Å². The van der Waals surface area contributed by atoms with Crippen molar-refractivity contribution in [2.45, 2.75) is 53.0 Å². The lowest BCUT2D eigenvalue weighted by atomic mass is 9.80. The van der Waals surface area contributed by atoms with Crippen LogP contribution >= 0.6 is 0 Å². The van der Waals surface area contributed by atoms with Gasteiger partial charge in [-0.05, 0) is 20.3 Å². The zero-order chi connectivity index (χ0) is 14.7. The molecule has 0 aliphatic rings. The smallest absolute Gasteiger partial charge is 0.221 e. The van der Waals surface area contributed by atoms with Crippen LogP contribution in [-0.2, 0) is 16.0 Å². The van der Waals surface area contributed by atoms with Crippen molar-refractivity contribution >= 4 is 11.7 Å². The Bertz CT molecular complexity index is 442. The minimum absolute atomic E-state index is 0.0230. The molecule has 1 amide bonds. The summed E-state index contributed by atoms with van der Waals surface area (Å²) in [5.41, 5.74) is -0.404. The maximum Gasteiger partial charge on any atom is 0.221 e. The summed E-state index contributed by atoms with van der Waals surface area (Å²) in [6.45, 7) is 9.05. The number of hydrogen-bond donors (Lipinski definition) is 2. The lowest BCUT2D eigenvalue weighted by Crippen LogP contribution is -2.53. The van der Waals surface area contributed by atoms with Crippen LogP contribution in [0.2, 0.25) is 0 Å². The number of amides is 1. The SMILES string of the molecule is CC(C)(C)C(=O)C(C)(C)NC(=O)CCc1cnc[nH]1. The van der Waals surface area contributed by atoms with E-state index in [1.165, 1.54) is 0 Å². The van der Waals surface area contributed by atoms with Crippen molar-refractivity contribution in [1.82, 2.24) is 15.3 Å². The maximum absolute atomic E-state index is 12.2. The third-order valence-corrected chi connectivity index (χ3v) is 2.88. The number of imidazole rings is 1. The van der Waals surface area contributed by atoms with Gasteiger partial charge in [-0.1, -0.05) is 20.8 Å². The average Bonchev–Trinajstić information content (AvgIpc) is 2.76. The van der Waals surface area contributed by atoms with Crippen LogP contribution < -0.4 is 5.32 Å². The molecule has 0 saturated heterocycles. The molecule has 0 aromatic carbocycles. The number of nitrogens with one attached hydrogen (secondary N) is 2. The molecule has 0 bridgehead atoms. The number of H-pyrrole nitrogens is 1. The van der Waals surface area contributed by atoms with E-state index in [1.807, 2.05) is 20.8 Å². The molecule has 5 heteroatoms. The molecule has 1 aromatic rings. The highest BCUT2D eigenvalue weighted by Crippen LogP contribution is 2.22. The fourth-order valence-electron chi connectivity index (χ4n) is 2.07. The van der Waals surface area contributed by atoms with Crippen molar-refractivity contribution in [2.24, 2.45) is 5.41 Å². The fourth-order valence-corrected chi connectivity index (χ4v) is 2.07. The normalized spacial score (nSPS) is 12.3. The van der Waals surface area contributed by atoms with Crippen molar-refractivity contribution in [2.75, 3.05) is 0 Å². The van der Waals surface area contributed by atoms with E-state index in [-0.39, 0.29) is 11.7 Å². The summed E-state index contributed by atoms with van der Waals surface area (Å²) in [7, 11) is 0. The maximum atomic E-state index is 12.2. The highest BCUT2D eigenvalue weighted by atomic mass is 16.2. The van der Waals surface area contributed by atoms with Crippen LogP contribution in [0.3, 0.4) is 0 Å². The van der Waals surface area contributed by atoms with Crippen LogP contribution in [0, 0.1) is 5.41 Å². The van der Waals surface area contributed by atoms with Gasteiger partial charge < -0.3 is 10.3 Å². The topological polar surface area (TPSA) is 74.8 Å². The van der Waals surface area contributed by atoms with E-state index in [1.54, 1.807) is 26.4 Å². The van der Waals surface area contributed by atoms with E-state index in [4.69, 9.17) is 0 Å². The van der Waals surface area contributed by atoms with Gasteiger partial charge in [0, 0.05) is 23.7 Å². The summed E-state index contributed by atoms with van der Waals surface area (Å²) in [6.07, 6.45) is 4.20. The number of carbonyl (C=O) groups excluding carboxylic acids is 2. The van der Waals surface area contributed by atoms with Crippen LogP contribution in [0.25, 0.3) is 0 Å². The van der Waals surface area contributed by atoms with Gasteiger partial charge in [0.15, 0.2) is 5.78 Å². The van der Waals surface area contributed by atoms with Crippen LogP contribution in [0.4, 0.5) is 0 Å². The Kier molecular flexibility index (Phi) is 4.50. The van der Waals surface area contributed by atoms with Crippen LogP contribution in [0.1, 0.15) is 46.7 Å². The second-order valence-corrected chi connectivity index (χ2v) is 6.33. The second kappa shape index (κ2) is 5.55. The van der Waals surface area contributed by atoms with Crippen molar-refractivity contribution in [1.29, 1.82) is 0 Å². The van der Waals surface area contributed by atoms with Crippen molar-refractivity contribution < 1.29 is 9.59 Å². The van der Waals surface area contributed by atoms with E-state index < -0.39 is 11.0 Å². The van der Waals surface area contributed by atoms with E-state index >= 15 is 0 Å². The molecule has 5 nitrogen and oxygen atoms in total. The molecule has 0 unspecified atom stereocenters. The van der Waals surface area contributed by atoms with Gasteiger partial charge in [0.05, 0.1) is 11.9 Å². The van der Waals surface area contributed by atoms with Crippen molar-refractivity contribution in [3.05, 3.63) is 18.2 Å². The summed E-state index contributed by atoms with van der Waals surface area (Å²) in [5.74, 6) is -0.105. The Labute approximate surface area is 114 Å². The number of hydrogen-bond acceptors (Lipinski definition) is 3. The van der Waals surface area contributed by atoms with E-state index in [9.17, 15) is 9.59 Å². The quantitative estimate of drug-likeness (QED) is 0.853. The summed E-state index contributed by atoms with van der Waals surface area (Å²) >= 11 is 0. The number of aromatic nitrogens is 2. The Morgan fingerprint density at radius 3 is 2.37 bits per heavy atom. The van der Waals surface area contributed by atoms with Crippen LogP contribution in [0.15, 0.2) is 12.5 Å². The summed E-state index contributed by atoms with van der Waals surface area (Å²) in [4.78, 5) is 30.9. The molecule has 2 N–H and O–H groups in total. The van der Waals surface area contributed by atoms with Gasteiger partial charge in [-0.25, -0.2) is 4.98 Å². The molecule has 0 aliphatic carbocycles. The first-order chi connectivity index (χ1) is 8.63. The number of aromatic amines is 1. The fraction of sp³-hybridized carbons (Fsp3) is 0.643. The molecule has 1 heterocycles. The number of rotatable bonds is 5. The van der Waals surface area contributed by atoms with Gasteiger partial charge in [0.25, 0.3) is 0 Å². The van der Waals surface area contributed by atoms with E-state index in [0.717, 1.165) is 5.69 Å². The Morgan fingerprint density at radius 2 is 1.89 bits per heavy atom. The first kappa shape index (κ1) is 15.4. The second-order valence-electron chi connectivity index (χ2n) is 6.33. The zero-order valence-corrected chi connectivity index (χ0v) is 12.3. The number of ketones is 1. The Hall–Kier alpha value is -1.65. The predicted octanol–water partition coefficient (Wildman–Crippen LogP) is 1.85. The molecule has 0 fully saturated rings. The van der Waals surface area contributed by atoms with Gasteiger partial charge in [0.2, 0.25) is 5.91 Å². The highest BCUT2D eigenvalue weighted by Gasteiger charge is 2.36. The summed E-state index contributed by atoms with van der Waals surface area (Å²) < 4.78 is 0. The first-order valence-electron chi connectivity index (χ1n) is 6.46. The summed E-state index contributed by atoms with van der Waals surface area (Å²) in [6, 6.07) is 0. The minimum Gasteiger partial charge on any atom is -0.348 e. The Morgan fingerprint density at radius 1 is 1.26 bits per heavy atom. The third-order valence-electron chi connectivity index (χ3n) is 2.88. The number of carbonyl (C=O) groups is 2. The molecular formula is C14H23N3O2. The highest BCUT2D eigenvalue weighted by molar-refractivity contribution is 5.95. The number of Topliss-reactive ketones (excluding diaryl/α,β-unsaturated/α-hetero) is 1. The van der Waals surface area contributed by atoms with Gasteiger partial charge in [-0.15, -0.1) is 0 Å². The molecule has 0 aliphatic heterocycles. The lowest BCUT2D eigenvalue weighted by Gasteiger charge is -2.31. The van der Waals surface area contributed by atoms with Crippen LogP contribution in [-0.4, -0.2) is 27.2 Å². The molecule has 0 atom stereocenters. The van der Waals surface area contributed by atoms with E-state index in [0.29, 0.717) is 12.8 Å². The Balaban J connectivity index is 2.53. The van der Waals surface area contributed by atoms with E-state index in [2.05, 4.69) is 15.3 Å². The molecule has 106 valence electrons. The predicted molar refractivity (Wildman–Crippen MR) is 73.6 cm³/mol. The molecule has 0 spiro atoms. The molecule has 0 saturated carbocycles. The largest absolute Gasteiger partial charge is 0.348 e. The number of aryl methyl sites for hydroxylation is 1. The number of nitrogens with zero attached hydrogens (tertiary/aromatic N) is 1. The third kappa shape index (κ3) is 4.50. The van der Waals surface area contributed by atoms with Gasteiger partial charge in [-0.2, -0.15) is 0 Å². The van der Waals surface area contributed by atoms with Gasteiger partial charge in [-0.3, -0.25) is 9.59 Å². The van der Waals surface area contributed by atoms with Gasteiger partial charge >= 0.3 is 0 Å². The first-order valence-corrected chi connectivity index (χ1v) is 6.46. The zero-order valence-electron chi connectivity index (χ0n) is 12.3. The molecular weight excluding hydrogens is 242 g/mol. The molecule has 0 radical (unpaired) electrons. The van der Waals surface area contributed by atoms with Crippen molar-refractivity contribution in [3.63, 3.8) is 0 Å². The van der Waals surface area contributed by atoms with Gasteiger partial charge in [0.1, 0.15) is 0 Å². The average molecular weight is 265 g/mol. The molecule has 1 aromatic heterocycles. The lowest BCUT2D eigenvalue weighted by molar-refractivity contribution is -0.136. The van der Waals surface area contributed by atoms with Crippen molar-refractivity contribution in [3.8, 4) is 0 Å². The molecule has 1 rings (SSSR count). The minimum atomic E-state index is -0.844. The standard InChI is InChI=1S/C14H23N3O2/c1-13(2,3)12(19)14(4,5)17-11(18)7-6-10-8-15-9-16-10/h8-9H,6-7H2,1-5H3,(H,15,16)(H,17,18). The molecule has 19 heavy (non-hydrogen) atoms. The summed E-state index contributed by atoms with van der Waals surface area (Å²) in [5, 5.41) is 2.80. The monoisotopic (exact) mass is 265 g/mol.